The molecule has 5 heteroatoms. The molecular weight excluding hydrogens is 256 g/mol. The fourth-order valence-corrected chi connectivity index (χ4v) is 1.65. The Morgan fingerprint density at radius 2 is 1.90 bits per heavy atom. The minimum atomic E-state index is -0.944. The summed E-state index contributed by atoms with van der Waals surface area (Å²) in [6, 6.07) is 7.25. The first-order valence-electron chi connectivity index (χ1n) is 6.70. The highest BCUT2D eigenvalue weighted by molar-refractivity contribution is 6.05. The quantitative estimate of drug-likeness (QED) is 0.863. The van der Waals surface area contributed by atoms with Crippen LogP contribution in [0.5, 0.6) is 0 Å². The highest BCUT2D eigenvalue weighted by Gasteiger charge is 2.29. The molecule has 1 aliphatic carbocycles. The van der Waals surface area contributed by atoms with E-state index in [9.17, 15) is 9.59 Å². The summed E-state index contributed by atoms with van der Waals surface area (Å²) in [5.74, 6) is -0.440. The van der Waals surface area contributed by atoms with Crippen LogP contribution in [0.4, 0.5) is 5.69 Å². The van der Waals surface area contributed by atoms with Crippen LogP contribution in [0.15, 0.2) is 24.3 Å². The Bertz CT molecular complexity index is 522. The van der Waals surface area contributed by atoms with Gasteiger partial charge < -0.3 is 15.4 Å². The Hall–Kier alpha value is -1.88. The lowest BCUT2D eigenvalue weighted by molar-refractivity contribution is -0.133. The molecule has 0 heterocycles. The molecule has 0 saturated heterocycles. The van der Waals surface area contributed by atoms with E-state index in [1.165, 1.54) is 7.11 Å². The zero-order valence-electron chi connectivity index (χ0n) is 12.0. The molecule has 1 saturated carbocycles. The van der Waals surface area contributed by atoms with E-state index in [2.05, 4.69) is 10.6 Å². The molecule has 2 amide bonds. The second-order valence-electron chi connectivity index (χ2n) is 5.46. The number of methoxy groups -OCH3 is 1. The van der Waals surface area contributed by atoms with Gasteiger partial charge in [0.1, 0.15) is 5.60 Å². The maximum absolute atomic E-state index is 12.1. The maximum atomic E-state index is 12.1. The molecule has 108 valence electrons. The highest BCUT2D eigenvalue weighted by atomic mass is 16.5. The predicted molar refractivity (Wildman–Crippen MR) is 76.6 cm³/mol. The first kappa shape index (κ1) is 14.5. The van der Waals surface area contributed by atoms with Crippen molar-refractivity contribution in [3.63, 3.8) is 0 Å². The Kier molecular flexibility index (Phi) is 4.09. The number of nitrogens with one attached hydrogen (secondary N) is 2. The van der Waals surface area contributed by atoms with Crippen LogP contribution < -0.4 is 10.6 Å². The van der Waals surface area contributed by atoms with Gasteiger partial charge in [0.2, 0.25) is 0 Å². The van der Waals surface area contributed by atoms with Gasteiger partial charge in [-0.3, -0.25) is 9.59 Å². The molecular formula is C15H20N2O3. The molecule has 20 heavy (non-hydrogen) atoms. The number of amides is 2. The third-order valence-corrected chi connectivity index (χ3v) is 3.39. The summed E-state index contributed by atoms with van der Waals surface area (Å²) in [4.78, 5) is 24.2. The standard InChI is InChI=1S/C15H20N2O3/c1-15(2,20-3)14(19)17-12-7-5-4-6-11(12)13(18)16-10-8-9-10/h4-7,10H,8-9H2,1-3H3,(H,16,18)(H,17,19). The van der Waals surface area contributed by atoms with Gasteiger partial charge in [-0.05, 0) is 38.8 Å². The van der Waals surface area contributed by atoms with Crippen LogP contribution in [0.25, 0.3) is 0 Å². The number of rotatable bonds is 5. The minimum Gasteiger partial charge on any atom is -0.369 e. The van der Waals surface area contributed by atoms with Crippen molar-refractivity contribution >= 4 is 17.5 Å². The molecule has 1 aromatic rings. The number of anilines is 1. The van der Waals surface area contributed by atoms with Crippen LogP contribution in [-0.4, -0.2) is 30.6 Å². The SMILES string of the molecule is COC(C)(C)C(=O)Nc1ccccc1C(=O)NC1CC1. The molecule has 1 aliphatic rings. The minimum absolute atomic E-state index is 0.154. The van der Waals surface area contributed by atoms with Crippen molar-refractivity contribution in [2.24, 2.45) is 0 Å². The number of hydrogen-bond acceptors (Lipinski definition) is 3. The van der Waals surface area contributed by atoms with E-state index in [1.54, 1.807) is 38.1 Å². The average Bonchev–Trinajstić information content (AvgIpc) is 3.23. The number of ether oxygens (including phenoxy) is 1. The summed E-state index contributed by atoms with van der Waals surface area (Å²) in [5.41, 5.74) is 0.0283. The van der Waals surface area contributed by atoms with Crippen molar-refractivity contribution in [3.8, 4) is 0 Å². The van der Waals surface area contributed by atoms with E-state index in [-0.39, 0.29) is 17.9 Å². The van der Waals surface area contributed by atoms with Crippen LogP contribution in [0.3, 0.4) is 0 Å². The zero-order valence-corrected chi connectivity index (χ0v) is 12.0. The van der Waals surface area contributed by atoms with Gasteiger partial charge >= 0.3 is 0 Å². The molecule has 1 aromatic carbocycles. The Morgan fingerprint density at radius 1 is 1.25 bits per heavy atom. The molecule has 0 aliphatic heterocycles. The highest BCUT2D eigenvalue weighted by Crippen LogP contribution is 2.22. The summed E-state index contributed by atoms with van der Waals surface area (Å²) in [6.07, 6.45) is 2.05. The lowest BCUT2D eigenvalue weighted by Crippen LogP contribution is -2.39. The summed E-state index contributed by atoms with van der Waals surface area (Å²) in [5, 5.41) is 5.67. The lowest BCUT2D eigenvalue weighted by atomic mass is 10.1. The van der Waals surface area contributed by atoms with E-state index < -0.39 is 5.60 Å². The molecule has 1 fully saturated rings. The van der Waals surface area contributed by atoms with Gasteiger partial charge in [0.25, 0.3) is 11.8 Å². The maximum Gasteiger partial charge on any atom is 0.256 e. The summed E-state index contributed by atoms with van der Waals surface area (Å²) in [6.45, 7) is 3.35. The van der Waals surface area contributed by atoms with Gasteiger partial charge in [-0.25, -0.2) is 0 Å². The molecule has 5 nitrogen and oxygen atoms in total. The van der Waals surface area contributed by atoms with E-state index in [0.29, 0.717) is 11.3 Å². The Labute approximate surface area is 118 Å². The normalized spacial score (nSPS) is 14.8. The summed E-state index contributed by atoms with van der Waals surface area (Å²) >= 11 is 0. The number of hydrogen-bond donors (Lipinski definition) is 2. The second-order valence-corrected chi connectivity index (χ2v) is 5.46. The van der Waals surface area contributed by atoms with E-state index >= 15 is 0 Å². The fourth-order valence-electron chi connectivity index (χ4n) is 1.65. The lowest BCUT2D eigenvalue weighted by Gasteiger charge is -2.22. The van der Waals surface area contributed by atoms with E-state index in [1.807, 2.05) is 0 Å². The monoisotopic (exact) mass is 276 g/mol. The number of benzene rings is 1. The first-order chi connectivity index (χ1) is 9.44. The molecule has 0 bridgehead atoms. The van der Waals surface area contributed by atoms with Crippen molar-refractivity contribution in [2.45, 2.75) is 38.3 Å². The predicted octanol–water partition coefficient (Wildman–Crippen LogP) is 1.94. The number of carbonyl (C=O) groups is 2. The van der Waals surface area contributed by atoms with Crippen LogP contribution >= 0.6 is 0 Å². The summed E-state index contributed by atoms with van der Waals surface area (Å²) < 4.78 is 5.13. The van der Waals surface area contributed by atoms with Gasteiger partial charge in [-0.2, -0.15) is 0 Å². The Morgan fingerprint density at radius 3 is 2.50 bits per heavy atom. The second kappa shape index (κ2) is 5.63. The summed E-state index contributed by atoms with van der Waals surface area (Å²) in [7, 11) is 1.48. The van der Waals surface area contributed by atoms with Crippen LogP contribution in [0, 0.1) is 0 Å². The number of para-hydroxylation sites is 1. The van der Waals surface area contributed by atoms with Crippen molar-refractivity contribution in [2.75, 3.05) is 12.4 Å². The van der Waals surface area contributed by atoms with Crippen molar-refractivity contribution < 1.29 is 14.3 Å². The van der Waals surface area contributed by atoms with Crippen LogP contribution in [0.1, 0.15) is 37.0 Å². The molecule has 0 atom stereocenters. The van der Waals surface area contributed by atoms with Crippen molar-refractivity contribution in [1.29, 1.82) is 0 Å². The van der Waals surface area contributed by atoms with Gasteiger partial charge in [-0.1, -0.05) is 12.1 Å². The fraction of sp³-hybridized carbons (Fsp3) is 0.467. The average molecular weight is 276 g/mol. The van der Waals surface area contributed by atoms with Crippen LogP contribution in [-0.2, 0) is 9.53 Å². The molecule has 0 aromatic heterocycles. The largest absolute Gasteiger partial charge is 0.369 e. The molecule has 0 radical (unpaired) electrons. The Balaban J connectivity index is 2.15. The topological polar surface area (TPSA) is 67.4 Å². The zero-order chi connectivity index (χ0) is 14.8. The van der Waals surface area contributed by atoms with Gasteiger partial charge in [0.15, 0.2) is 0 Å². The smallest absolute Gasteiger partial charge is 0.256 e. The van der Waals surface area contributed by atoms with Gasteiger partial charge in [0, 0.05) is 13.2 Å². The molecule has 2 N–H and O–H groups in total. The van der Waals surface area contributed by atoms with E-state index in [0.717, 1.165) is 12.8 Å². The van der Waals surface area contributed by atoms with Gasteiger partial charge in [0.05, 0.1) is 11.3 Å². The number of carbonyl (C=O) groups excluding carboxylic acids is 2. The van der Waals surface area contributed by atoms with E-state index in [4.69, 9.17) is 4.74 Å². The van der Waals surface area contributed by atoms with Crippen LogP contribution in [0.2, 0.25) is 0 Å². The third-order valence-electron chi connectivity index (χ3n) is 3.39. The van der Waals surface area contributed by atoms with Crippen molar-refractivity contribution in [3.05, 3.63) is 29.8 Å². The van der Waals surface area contributed by atoms with Crippen molar-refractivity contribution in [1.82, 2.24) is 5.32 Å². The molecule has 0 unspecified atom stereocenters. The molecule has 0 spiro atoms. The first-order valence-corrected chi connectivity index (χ1v) is 6.70. The van der Waals surface area contributed by atoms with Gasteiger partial charge in [-0.15, -0.1) is 0 Å². The third kappa shape index (κ3) is 3.36. The molecule has 2 rings (SSSR count).